The monoisotopic (exact) mass is 568 g/mol. The third kappa shape index (κ3) is 6.81. The van der Waals surface area contributed by atoms with Gasteiger partial charge in [-0.2, -0.15) is 0 Å². The van der Waals surface area contributed by atoms with Gasteiger partial charge in [0.05, 0.1) is 7.11 Å². The van der Waals surface area contributed by atoms with Crippen molar-refractivity contribution in [1.29, 1.82) is 0 Å². The van der Waals surface area contributed by atoms with Crippen molar-refractivity contribution in [2.45, 2.75) is 70.7 Å². The second-order valence-electron chi connectivity index (χ2n) is 8.65. The van der Waals surface area contributed by atoms with Crippen molar-refractivity contribution in [2.24, 2.45) is 0 Å². The van der Waals surface area contributed by atoms with Crippen LogP contribution in [0.5, 0.6) is 0 Å². The highest BCUT2D eigenvalue weighted by Gasteiger charge is 2.53. The molecule has 2 aliphatic heterocycles. The zero-order valence-corrected chi connectivity index (χ0v) is 22.2. The lowest BCUT2D eigenvalue weighted by molar-refractivity contribution is -0.321. The SMILES string of the molecule is COC(=O)C1C=CC(O[C@@H]2O[C@H](COC(C)=O)[C@@H](OC(C)=O)[C@H](OC(C)=O)[C@H]2OC(C)=O)n2c(=O)ccc(=O)n21. The summed E-state index contributed by atoms with van der Waals surface area (Å²) in [6.07, 6.45) is -6.39. The second kappa shape index (κ2) is 12.7. The molecular formula is C24H28N2O14. The van der Waals surface area contributed by atoms with Crippen molar-refractivity contribution in [3.05, 3.63) is 45.0 Å². The predicted octanol–water partition coefficient (Wildman–Crippen LogP) is -1.11. The van der Waals surface area contributed by atoms with E-state index in [1.54, 1.807) is 0 Å². The van der Waals surface area contributed by atoms with Gasteiger partial charge in [-0.1, -0.05) is 0 Å². The van der Waals surface area contributed by atoms with E-state index < -0.39 is 90.5 Å². The van der Waals surface area contributed by atoms with E-state index in [0.717, 1.165) is 56.3 Å². The van der Waals surface area contributed by atoms with Crippen molar-refractivity contribution in [3.8, 4) is 0 Å². The summed E-state index contributed by atoms with van der Waals surface area (Å²) >= 11 is 0. The normalized spacial score (nSPS) is 27.1. The number of fused-ring (bicyclic) bond motifs is 1. The molecule has 0 N–H and O–H groups in total. The smallest absolute Gasteiger partial charge is 0.334 e. The Hall–Kier alpha value is -4.31. The number of aromatic nitrogens is 2. The first-order valence-electron chi connectivity index (χ1n) is 11.9. The number of hydrogen-bond donors (Lipinski definition) is 0. The zero-order chi connectivity index (χ0) is 29.7. The minimum absolute atomic E-state index is 0.501. The number of methoxy groups -OCH3 is 1. The van der Waals surface area contributed by atoms with E-state index in [1.165, 1.54) is 12.2 Å². The maximum absolute atomic E-state index is 12.8. The molecule has 0 bridgehead atoms. The average Bonchev–Trinajstić information content (AvgIpc) is 2.87. The van der Waals surface area contributed by atoms with Gasteiger partial charge in [-0.05, 0) is 12.2 Å². The van der Waals surface area contributed by atoms with Gasteiger partial charge in [0.15, 0.2) is 30.6 Å². The molecule has 1 aromatic rings. The van der Waals surface area contributed by atoms with Crippen LogP contribution >= 0.6 is 0 Å². The molecular weight excluding hydrogens is 540 g/mol. The van der Waals surface area contributed by atoms with Crippen LogP contribution < -0.4 is 11.1 Å². The molecule has 2 unspecified atom stereocenters. The van der Waals surface area contributed by atoms with Crippen molar-refractivity contribution in [3.63, 3.8) is 0 Å². The Kier molecular flexibility index (Phi) is 9.60. The molecule has 1 saturated heterocycles. The maximum atomic E-state index is 12.8. The molecule has 0 aromatic carbocycles. The van der Waals surface area contributed by atoms with E-state index in [-0.39, 0.29) is 0 Å². The topological polar surface area (TPSA) is 194 Å². The van der Waals surface area contributed by atoms with E-state index >= 15 is 0 Å². The Morgan fingerprint density at radius 2 is 1.32 bits per heavy atom. The summed E-state index contributed by atoms with van der Waals surface area (Å²) in [5.41, 5.74) is -1.50. The van der Waals surface area contributed by atoms with Gasteiger partial charge in [-0.15, -0.1) is 0 Å². The van der Waals surface area contributed by atoms with Crippen molar-refractivity contribution in [2.75, 3.05) is 13.7 Å². The fraction of sp³-hybridized carbons (Fsp3) is 0.542. The number of ether oxygens (including phenoxy) is 7. The summed E-state index contributed by atoms with van der Waals surface area (Å²) in [5.74, 6) is -4.08. The molecule has 218 valence electrons. The van der Waals surface area contributed by atoms with Crippen LogP contribution in [0.15, 0.2) is 33.9 Å². The predicted molar refractivity (Wildman–Crippen MR) is 127 cm³/mol. The Labute approximate surface area is 226 Å². The standard InChI is InChI=1S/C24H28N2O14/c1-11(27)35-10-16-20(36-12(2)28)21(37-13(3)29)22(38-14(4)30)24(39-16)40-19-9-6-15(23(33)34-5)25-17(31)7-8-18(32)26(19)25/h6-9,15-16,19-22,24H,10H2,1-5H3/t15?,16-,19?,20-,21+,22-,24+/m1/s1. The second-order valence-corrected chi connectivity index (χ2v) is 8.65. The molecule has 16 heteroatoms. The van der Waals surface area contributed by atoms with Crippen LogP contribution in [0, 0.1) is 0 Å². The summed E-state index contributed by atoms with van der Waals surface area (Å²) in [5, 5.41) is 0. The van der Waals surface area contributed by atoms with Gasteiger partial charge in [-0.25, -0.2) is 14.2 Å². The van der Waals surface area contributed by atoms with E-state index in [1.807, 2.05) is 0 Å². The first-order chi connectivity index (χ1) is 18.8. The highest BCUT2D eigenvalue weighted by molar-refractivity contribution is 5.76. The van der Waals surface area contributed by atoms with Crippen LogP contribution in [0.3, 0.4) is 0 Å². The Bertz CT molecular complexity index is 1310. The van der Waals surface area contributed by atoms with Gasteiger partial charge < -0.3 is 33.2 Å². The summed E-state index contributed by atoms with van der Waals surface area (Å²) < 4.78 is 39.2. The van der Waals surface area contributed by atoms with E-state index in [9.17, 15) is 33.6 Å². The minimum Gasteiger partial charge on any atom is -0.467 e. The summed E-state index contributed by atoms with van der Waals surface area (Å²) in [4.78, 5) is 85.2. The molecule has 1 fully saturated rings. The van der Waals surface area contributed by atoms with Crippen molar-refractivity contribution in [1.82, 2.24) is 9.36 Å². The third-order valence-electron chi connectivity index (χ3n) is 5.68. The third-order valence-corrected chi connectivity index (χ3v) is 5.68. The average molecular weight is 568 g/mol. The molecule has 16 nitrogen and oxygen atoms in total. The molecule has 0 spiro atoms. The van der Waals surface area contributed by atoms with Crippen LogP contribution in [0.2, 0.25) is 0 Å². The van der Waals surface area contributed by atoms with Gasteiger partial charge in [0.1, 0.15) is 12.7 Å². The van der Waals surface area contributed by atoms with Gasteiger partial charge in [0.2, 0.25) is 6.29 Å². The molecule has 40 heavy (non-hydrogen) atoms. The lowest BCUT2D eigenvalue weighted by Gasteiger charge is -2.45. The van der Waals surface area contributed by atoms with E-state index in [0.29, 0.717) is 0 Å². The molecule has 0 aliphatic carbocycles. The highest BCUT2D eigenvalue weighted by Crippen LogP contribution is 2.33. The number of nitrogens with zero attached hydrogens (tertiary/aromatic N) is 2. The Morgan fingerprint density at radius 1 is 0.775 bits per heavy atom. The Morgan fingerprint density at radius 3 is 1.88 bits per heavy atom. The molecule has 0 saturated carbocycles. The molecule has 0 radical (unpaired) electrons. The highest BCUT2D eigenvalue weighted by atomic mass is 16.7. The number of carbonyl (C=O) groups is 5. The number of carbonyl (C=O) groups excluding carboxylic acids is 5. The molecule has 0 amide bonds. The van der Waals surface area contributed by atoms with Gasteiger partial charge in [0.25, 0.3) is 11.1 Å². The first-order valence-corrected chi connectivity index (χ1v) is 11.9. The van der Waals surface area contributed by atoms with Crippen LogP contribution in [0.25, 0.3) is 0 Å². The van der Waals surface area contributed by atoms with E-state index in [2.05, 4.69) is 0 Å². The van der Waals surface area contributed by atoms with Crippen molar-refractivity contribution >= 4 is 29.8 Å². The summed E-state index contributed by atoms with van der Waals surface area (Å²) in [7, 11) is 1.10. The van der Waals surface area contributed by atoms with Crippen LogP contribution in [0.4, 0.5) is 0 Å². The molecule has 7 atom stereocenters. The molecule has 3 heterocycles. The summed E-state index contributed by atoms with van der Waals surface area (Å²) in [6.45, 7) is 3.80. The molecule has 2 aliphatic rings. The van der Waals surface area contributed by atoms with Crippen LogP contribution in [-0.4, -0.2) is 83.6 Å². The van der Waals surface area contributed by atoms with Gasteiger partial charge >= 0.3 is 29.8 Å². The number of esters is 5. The van der Waals surface area contributed by atoms with E-state index in [4.69, 9.17) is 33.2 Å². The lowest BCUT2D eigenvalue weighted by atomic mass is 9.98. The van der Waals surface area contributed by atoms with Gasteiger partial charge in [-0.3, -0.25) is 28.8 Å². The minimum atomic E-state index is -1.65. The molecule has 3 rings (SSSR count). The van der Waals surface area contributed by atoms with Crippen LogP contribution in [-0.2, 0) is 57.1 Å². The fourth-order valence-corrected chi connectivity index (χ4v) is 4.23. The summed E-state index contributed by atoms with van der Waals surface area (Å²) in [6, 6.07) is 0.608. The first kappa shape index (κ1) is 30.2. The number of rotatable bonds is 8. The molecule has 1 aromatic heterocycles. The Balaban J connectivity index is 2.09. The number of hydrogen-bond acceptors (Lipinski definition) is 14. The van der Waals surface area contributed by atoms with Gasteiger partial charge in [0, 0.05) is 39.8 Å². The van der Waals surface area contributed by atoms with Crippen molar-refractivity contribution < 1.29 is 57.1 Å². The maximum Gasteiger partial charge on any atom is 0.334 e. The largest absolute Gasteiger partial charge is 0.467 e. The zero-order valence-electron chi connectivity index (χ0n) is 22.2. The van der Waals surface area contributed by atoms with Crippen LogP contribution in [0.1, 0.15) is 40.0 Å². The fourth-order valence-electron chi connectivity index (χ4n) is 4.23. The quantitative estimate of drug-likeness (QED) is 0.208. The lowest BCUT2D eigenvalue weighted by Crippen LogP contribution is -2.63.